The van der Waals surface area contributed by atoms with Gasteiger partial charge in [-0.25, -0.2) is 0 Å². The molecular formula is C30H53N3. The van der Waals surface area contributed by atoms with Crippen LogP contribution in [0.15, 0.2) is 9.98 Å². The summed E-state index contributed by atoms with van der Waals surface area (Å²) < 4.78 is 0. The number of aliphatic imine (C=N–C) groups is 2. The van der Waals surface area contributed by atoms with Crippen LogP contribution in [0.2, 0.25) is 0 Å². The van der Waals surface area contributed by atoms with E-state index in [1.54, 1.807) is 0 Å². The Bertz CT molecular complexity index is 629. The van der Waals surface area contributed by atoms with Crippen molar-refractivity contribution in [3.05, 3.63) is 0 Å². The number of hydrogen-bond acceptors (Lipinski definition) is 3. The Labute approximate surface area is 205 Å². The average molecular weight is 456 g/mol. The molecule has 3 heteroatoms. The maximum Gasteiger partial charge on any atom is 0.0510 e. The summed E-state index contributed by atoms with van der Waals surface area (Å²) in [6, 6.07) is 2.07. The van der Waals surface area contributed by atoms with Crippen LogP contribution >= 0.6 is 0 Å². The first-order chi connectivity index (χ1) is 16.2. The highest BCUT2D eigenvalue weighted by molar-refractivity contribution is 5.92. The van der Waals surface area contributed by atoms with Gasteiger partial charge in [-0.05, 0) is 70.6 Å². The van der Waals surface area contributed by atoms with Crippen molar-refractivity contribution in [2.75, 3.05) is 0 Å². The van der Waals surface area contributed by atoms with E-state index >= 15 is 0 Å². The summed E-state index contributed by atoms with van der Waals surface area (Å²) in [5, 5.41) is 4.22. The molecule has 1 aliphatic heterocycles. The molecule has 1 N–H and O–H groups in total. The summed E-state index contributed by atoms with van der Waals surface area (Å²) in [6.45, 7) is 4.70. The molecule has 4 rings (SSSR count). The largest absolute Gasteiger partial charge is 0.300 e. The van der Waals surface area contributed by atoms with E-state index in [-0.39, 0.29) is 0 Å². The molecule has 3 nitrogen and oxygen atoms in total. The normalized spacial score (nSPS) is 32.1. The molecular weight excluding hydrogens is 402 g/mol. The molecule has 2 unspecified atom stereocenters. The van der Waals surface area contributed by atoms with Crippen LogP contribution in [0.3, 0.4) is 0 Å². The lowest BCUT2D eigenvalue weighted by Crippen LogP contribution is -2.59. The molecule has 0 radical (unpaired) electrons. The van der Waals surface area contributed by atoms with Crippen LogP contribution in [0, 0.1) is 5.41 Å². The number of piperidine rings is 1. The highest BCUT2D eigenvalue weighted by Gasteiger charge is 2.44. The lowest BCUT2D eigenvalue weighted by molar-refractivity contribution is 0.122. The van der Waals surface area contributed by atoms with E-state index in [1.165, 1.54) is 146 Å². The molecule has 188 valence electrons. The van der Waals surface area contributed by atoms with Crippen molar-refractivity contribution in [1.29, 1.82) is 0 Å². The molecule has 3 aliphatic carbocycles. The third-order valence-electron chi connectivity index (χ3n) is 9.60. The van der Waals surface area contributed by atoms with E-state index in [9.17, 15) is 0 Å². The molecule has 0 amide bonds. The number of rotatable bonds is 4. The minimum atomic E-state index is 0.418. The average Bonchev–Trinajstić information content (AvgIpc) is 2.84. The summed E-state index contributed by atoms with van der Waals surface area (Å²) in [7, 11) is 0. The van der Waals surface area contributed by atoms with Gasteiger partial charge in [-0.3, -0.25) is 9.98 Å². The molecule has 0 aromatic carbocycles. The Hall–Kier alpha value is -0.700. The van der Waals surface area contributed by atoms with Gasteiger partial charge in [0.2, 0.25) is 0 Å². The second-order valence-electron chi connectivity index (χ2n) is 12.2. The van der Waals surface area contributed by atoms with Gasteiger partial charge in [-0.15, -0.1) is 0 Å². The van der Waals surface area contributed by atoms with Crippen LogP contribution < -0.4 is 5.32 Å². The lowest BCUT2D eigenvalue weighted by atomic mass is 9.64. The van der Waals surface area contributed by atoms with Gasteiger partial charge in [0.1, 0.15) is 0 Å². The number of nitrogens with zero attached hydrogens (tertiary/aromatic N) is 2. The molecule has 1 saturated heterocycles. The fourth-order valence-electron chi connectivity index (χ4n) is 7.59. The van der Waals surface area contributed by atoms with Gasteiger partial charge >= 0.3 is 0 Å². The molecule has 1 heterocycles. The Balaban J connectivity index is 1.53. The number of hydrogen-bond donors (Lipinski definition) is 1. The summed E-state index contributed by atoms with van der Waals surface area (Å²) in [6.07, 6.45) is 29.0. The van der Waals surface area contributed by atoms with Crippen LogP contribution in [0.4, 0.5) is 0 Å². The van der Waals surface area contributed by atoms with Crippen molar-refractivity contribution in [2.45, 2.75) is 173 Å². The predicted octanol–water partition coefficient (Wildman–Crippen LogP) is 8.21. The molecule has 1 spiro atoms. The summed E-state index contributed by atoms with van der Waals surface area (Å²) >= 11 is 0. The Kier molecular flexibility index (Phi) is 9.88. The molecule has 0 aromatic heterocycles. The van der Waals surface area contributed by atoms with E-state index in [2.05, 4.69) is 19.2 Å². The standard InChI is InChI=1S/C30H53N3/c1-24(31-26-16-10-8-11-17-26)28-20-23-30(21-14-6-4-3-5-7-15-22-30)29(33-28)25(2)32-27-18-12-9-13-19-27/h26-29,33H,3-23H2,1-2H3. The summed E-state index contributed by atoms with van der Waals surface area (Å²) in [4.78, 5) is 10.7. The van der Waals surface area contributed by atoms with Crippen LogP contribution in [-0.4, -0.2) is 35.6 Å². The fraction of sp³-hybridized carbons (Fsp3) is 0.933. The van der Waals surface area contributed by atoms with Crippen LogP contribution in [0.25, 0.3) is 0 Å². The van der Waals surface area contributed by atoms with Crippen LogP contribution in [-0.2, 0) is 0 Å². The van der Waals surface area contributed by atoms with Gasteiger partial charge in [0.15, 0.2) is 0 Å². The van der Waals surface area contributed by atoms with Gasteiger partial charge in [-0.1, -0.05) is 83.5 Å². The van der Waals surface area contributed by atoms with E-state index in [4.69, 9.17) is 9.98 Å². The molecule has 4 fully saturated rings. The molecule has 2 atom stereocenters. The fourth-order valence-corrected chi connectivity index (χ4v) is 7.59. The van der Waals surface area contributed by atoms with Crippen LogP contribution in [0.5, 0.6) is 0 Å². The minimum absolute atomic E-state index is 0.418. The van der Waals surface area contributed by atoms with Crippen molar-refractivity contribution >= 4 is 11.4 Å². The molecule has 0 aromatic rings. The number of nitrogens with one attached hydrogen (secondary N) is 1. The molecule has 0 bridgehead atoms. The minimum Gasteiger partial charge on any atom is -0.300 e. The van der Waals surface area contributed by atoms with Crippen molar-refractivity contribution in [2.24, 2.45) is 15.4 Å². The van der Waals surface area contributed by atoms with Gasteiger partial charge in [-0.2, -0.15) is 0 Å². The third-order valence-corrected chi connectivity index (χ3v) is 9.60. The first-order valence-electron chi connectivity index (χ1n) is 15.0. The van der Waals surface area contributed by atoms with Gasteiger partial charge in [0, 0.05) is 29.5 Å². The Morgan fingerprint density at radius 2 is 1.00 bits per heavy atom. The van der Waals surface area contributed by atoms with Crippen molar-refractivity contribution in [3.8, 4) is 0 Å². The zero-order valence-corrected chi connectivity index (χ0v) is 22.1. The highest BCUT2D eigenvalue weighted by Crippen LogP contribution is 2.44. The predicted molar refractivity (Wildman–Crippen MR) is 144 cm³/mol. The van der Waals surface area contributed by atoms with Crippen molar-refractivity contribution in [1.82, 2.24) is 5.32 Å². The van der Waals surface area contributed by atoms with Gasteiger partial charge in [0.25, 0.3) is 0 Å². The van der Waals surface area contributed by atoms with E-state index in [1.807, 2.05) is 0 Å². The van der Waals surface area contributed by atoms with Crippen molar-refractivity contribution < 1.29 is 0 Å². The topological polar surface area (TPSA) is 36.8 Å². The second-order valence-corrected chi connectivity index (χ2v) is 12.2. The Morgan fingerprint density at radius 1 is 0.545 bits per heavy atom. The maximum atomic E-state index is 5.43. The molecule has 4 aliphatic rings. The van der Waals surface area contributed by atoms with E-state index in [0.29, 0.717) is 29.6 Å². The molecule has 33 heavy (non-hydrogen) atoms. The van der Waals surface area contributed by atoms with E-state index < -0.39 is 0 Å². The Morgan fingerprint density at radius 3 is 1.55 bits per heavy atom. The smallest absolute Gasteiger partial charge is 0.0510 e. The lowest BCUT2D eigenvalue weighted by Gasteiger charge is -2.49. The third kappa shape index (κ3) is 7.15. The first-order valence-corrected chi connectivity index (χ1v) is 15.0. The summed E-state index contributed by atoms with van der Waals surface area (Å²) in [5.41, 5.74) is 3.22. The monoisotopic (exact) mass is 455 g/mol. The van der Waals surface area contributed by atoms with Gasteiger partial charge in [0.05, 0.1) is 6.04 Å². The van der Waals surface area contributed by atoms with Crippen molar-refractivity contribution in [3.63, 3.8) is 0 Å². The summed E-state index contributed by atoms with van der Waals surface area (Å²) in [5.74, 6) is 0. The second kappa shape index (κ2) is 12.8. The maximum absolute atomic E-state index is 5.43. The SMILES string of the molecule is CC(=NC1CCCCC1)C1CCC2(CCCCCCCCC2)C(C(C)=NC2CCCCC2)N1. The highest BCUT2D eigenvalue weighted by atomic mass is 15.0. The van der Waals surface area contributed by atoms with Crippen LogP contribution in [0.1, 0.15) is 149 Å². The molecule has 3 saturated carbocycles. The van der Waals surface area contributed by atoms with Gasteiger partial charge < -0.3 is 5.32 Å². The quantitative estimate of drug-likeness (QED) is 0.426. The zero-order chi connectivity index (χ0) is 22.9. The zero-order valence-electron chi connectivity index (χ0n) is 22.1. The first kappa shape index (κ1) is 25.4. The van der Waals surface area contributed by atoms with E-state index in [0.717, 1.165) is 0 Å².